The van der Waals surface area contributed by atoms with Gasteiger partial charge in [-0.1, -0.05) is 6.92 Å². The lowest BCUT2D eigenvalue weighted by Crippen LogP contribution is -2.42. The van der Waals surface area contributed by atoms with Gasteiger partial charge in [0.05, 0.1) is 6.10 Å². The third-order valence-electron chi connectivity index (χ3n) is 4.74. The van der Waals surface area contributed by atoms with E-state index in [0.29, 0.717) is 18.1 Å². The average Bonchev–Trinajstić information content (AvgIpc) is 2.40. The van der Waals surface area contributed by atoms with Crippen LogP contribution in [0.15, 0.2) is 0 Å². The minimum absolute atomic E-state index is 0.279. The molecule has 2 rings (SSSR count). The molecule has 0 aromatic carbocycles. The SMILES string of the molecule is COC1CCC(NC(=O)C2CCC(C)CC2)CC1. The fourth-order valence-electron chi connectivity index (χ4n) is 3.28. The van der Waals surface area contributed by atoms with Crippen LogP contribution >= 0.6 is 0 Å². The summed E-state index contributed by atoms with van der Waals surface area (Å²) in [6.45, 7) is 2.29. The molecule has 0 unspecified atom stereocenters. The highest BCUT2D eigenvalue weighted by Gasteiger charge is 2.27. The van der Waals surface area contributed by atoms with E-state index >= 15 is 0 Å². The van der Waals surface area contributed by atoms with Gasteiger partial charge < -0.3 is 10.1 Å². The van der Waals surface area contributed by atoms with Crippen LogP contribution in [0.25, 0.3) is 0 Å². The molecule has 0 heterocycles. The first kappa shape index (κ1) is 13.9. The molecule has 0 atom stereocenters. The van der Waals surface area contributed by atoms with E-state index in [9.17, 15) is 4.79 Å². The van der Waals surface area contributed by atoms with Crippen LogP contribution in [0.2, 0.25) is 0 Å². The van der Waals surface area contributed by atoms with Crippen molar-refractivity contribution in [3.63, 3.8) is 0 Å². The summed E-state index contributed by atoms with van der Waals surface area (Å²) in [5.74, 6) is 1.40. The number of hydrogen-bond acceptors (Lipinski definition) is 2. The van der Waals surface area contributed by atoms with Gasteiger partial charge in [0.15, 0.2) is 0 Å². The molecule has 0 spiro atoms. The van der Waals surface area contributed by atoms with Crippen molar-refractivity contribution >= 4 is 5.91 Å². The quantitative estimate of drug-likeness (QED) is 0.840. The first-order valence-electron chi connectivity index (χ1n) is 7.52. The summed E-state index contributed by atoms with van der Waals surface area (Å²) in [5.41, 5.74) is 0. The molecular formula is C15H27NO2. The highest BCUT2D eigenvalue weighted by atomic mass is 16.5. The van der Waals surface area contributed by atoms with Crippen LogP contribution in [0.4, 0.5) is 0 Å². The predicted molar refractivity (Wildman–Crippen MR) is 72.3 cm³/mol. The number of methoxy groups -OCH3 is 1. The normalized spacial score (nSPS) is 37.2. The summed E-state index contributed by atoms with van der Waals surface area (Å²) in [6, 6.07) is 0.392. The molecule has 0 aromatic heterocycles. The highest BCUT2D eigenvalue weighted by Crippen LogP contribution is 2.29. The molecule has 0 aliphatic heterocycles. The van der Waals surface area contributed by atoms with Crippen LogP contribution in [0, 0.1) is 11.8 Å². The van der Waals surface area contributed by atoms with Gasteiger partial charge in [-0.3, -0.25) is 4.79 Å². The maximum absolute atomic E-state index is 12.2. The molecule has 1 N–H and O–H groups in total. The van der Waals surface area contributed by atoms with Crippen molar-refractivity contribution in [3.8, 4) is 0 Å². The van der Waals surface area contributed by atoms with E-state index in [0.717, 1.165) is 44.4 Å². The van der Waals surface area contributed by atoms with Gasteiger partial charge in [0.25, 0.3) is 0 Å². The zero-order valence-electron chi connectivity index (χ0n) is 11.8. The Balaban J connectivity index is 1.71. The van der Waals surface area contributed by atoms with Gasteiger partial charge in [-0.25, -0.2) is 0 Å². The first-order valence-corrected chi connectivity index (χ1v) is 7.52. The van der Waals surface area contributed by atoms with E-state index in [1.807, 2.05) is 0 Å². The minimum Gasteiger partial charge on any atom is -0.381 e. The number of ether oxygens (including phenoxy) is 1. The number of amides is 1. The van der Waals surface area contributed by atoms with Crippen LogP contribution in [0.5, 0.6) is 0 Å². The Morgan fingerprint density at radius 2 is 1.61 bits per heavy atom. The Labute approximate surface area is 111 Å². The molecule has 0 radical (unpaired) electrons. The molecule has 2 fully saturated rings. The number of rotatable bonds is 3. The second kappa shape index (κ2) is 6.55. The number of carbonyl (C=O) groups is 1. The fraction of sp³-hybridized carbons (Fsp3) is 0.933. The summed E-state index contributed by atoms with van der Waals surface area (Å²) in [6.07, 6.45) is 9.34. The molecule has 2 aliphatic rings. The predicted octanol–water partition coefficient (Wildman–Crippen LogP) is 2.89. The smallest absolute Gasteiger partial charge is 0.223 e. The largest absolute Gasteiger partial charge is 0.381 e. The Hall–Kier alpha value is -0.570. The van der Waals surface area contributed by atoms with Crippen LogP contribution in [0.1, 0.15) is 58.3 Å². The molecule has 2 saturated carbocycles. The topological polar surface area (TPSA) is 38.3 Å². The van der Waals surface area contributed by atoms with Crippen molar-refractivity contribution < 1.29 is 9.53 Å². The third kappa shape index (κ3) is 3.71. The van der Waals surface area contributed by atoms with Crippen LogP contribution in [0.3, 0.4) is 0 Å². The third-order valence-corrected chi connectivity index (χ3v) is 4.74. The number of nitrogens with one attached hydrogen (secondary N) is 1. The van der Waals surface area contributed by atoms with Crippen molar-refractivity contribution in [2.75, 3.05) is 7.11 Å². The molecule has 2 aliphatic carbocycles. The van der Waals surface area contributed by atoms with Gasteiger partial charge in [0.2, 0.25) is 5.91 Å². The second-order valence-corrected chi connectivity index (χ2v) is 6.17. The van der Waals surface area contributed by atoms with E-state index in [4.69, 9.17) is 4.74 Å². The molecule has 18 heavy (non-hydrogen) atoms. The summed E-state index contributed by atoms with van der Waals surface area (Å²) in [5, 5.41) is 3.25. The van der Waals surface area contributed by atoms with Gasteiger partial charge in [-0.15, -0.1) is 0 Å². The lowest BCUT2D eigenvalue weighted by atomic mass is 9.82. The van der Waals surface area contributed by atoms with Crippen molar-refractivity contribution in [1.82, 2.24) is 5.32 Å². The van der Waals surface area contributed by atoms with Gasteiger partial charge >= 0.3 is 0 Å². The van der Waals surface area contributed by atoms with Gasteiger partial charge in [0.1, 0.15) is 0 Å². The standard InChI is InChI=1S/C15H27NO2/c1-11-3-5-12(6-4-11)15(17)16-13-7-9-14(18-2)10-8-13/h11-14H,3-10H2,1-2H3,(H,16,17). The highest BCUT2D eigenvalue weighted by molar-refractivity contribution is 5.79. The van der Waals surface area contributed by atoms with Gasteiger partial charge in [-0.05, 0) is 57.3 Å². The van der Waals surface area contributed by atoms with E-state index in [1.54, 1.807) is 7.11 Å². The molecule has 1 amide bonds. The van der Waals surface area contributed by atoms with Crippen molar-refractivity contribution in [1.29, 1.82) is 0 Å². The van der Waals surface area contributed by atoms with Gasteiger partial charge in [0, 0.05) is 19.1 Å². The lowest BCUT2D eigenvalue weighted by Gasteiger charge is -2.31. The zero-order valence-corrected chi connectivity index (χ0v) is 11.8. The van der Waals surface area contributed by atoms with E-state index in [-0.39, 0.29) is 5.92 Å². The van der Waals surface area contributed by atoms with Gasteiger partial charge in [-0.2, -0.15) is 0 Å². The van der Waals surface area contributed by atoms with Crippen LogP contribution < -0.4 is 5.32 Å². The van der Waals surface area contributed by atoms with E-state index in [2.05, 4.69) is 12.2 Å². The second-order valence-electron chi connectivity index (χ2n) is 6.17. The number of carbonyl (C=O) groups excluding carboxylic acids is 1. The maximum Gasteiger partial charge on any atom is 0.223 e. The molecule has 0 saturated heterocycles. The maximum atomic E-state index is 12.2. The van der Waals surface area contributed by atoms with E-state index in [1.165, 1.54) is 12.8 Å². The molecule has 104 valence electrons. The Kier molecular flexibility index (Phi) is 5.04. The zero-order chi connectivity index (χ0) is 13.0. The summed E-state index contributed by atoms with van der Waals surface area (Å²) in [7, 11) is 1.78. The molecule has 0 bridgehead atoms. The molecule has 3 nitrogen and oxygen atoms in total. The Morgan fingerprint density at radius 1 is 1.00 bits per heavy atom. The Bertz CT molecular complexity index is 264. The number of hydrogen-bond donors (Lipinski definition) is 1. The van der Waals surface area contributed by atoms with Crippen LogP contribution in [-0.4, -0.2) is 25.2 Å². The average molecular weight is 253 g/mol. The van der Waals surface area contributed by atoms with Crippen molar-refractivity contribution in [2.24, 2.45) is 11.8 Å². The minimum atomic E-state index is 0.279. The van der Waals surface area contributed by atoms with Crippen LogP contribution in [-0.2, 0) is 9.53 Å². The van der Waals surface area contributed by atoms with E-state index < -0.39 is 0 Å². The fourth-order valence-corrected chi connectivity index (χ4v) is 3.28. The molecule has 0 aromatic rings. The first-order chi connectivity index (χ1) is 8.69. The summed E-state index contributed by atoms with van der Waals surface area (Å²) >= 11 is 0. The van der Waals surface area contributed by atoms with Crippen molar-refractivity contribution in [3.05, 3.63) is 0 Å². The summed E-state index contributed by atoms with van der Waals surface area (Å²) < 4.78 is 5.36. The Morgan fingerprint density at radius 3 is 2.17 bits per heavy atom. The summed E-state index contributed by atoms with van der Waals surface area (Å²) in [4.78, 5) is 12.2. The van der Waals surface area contributed by atoms with Crippen molar-refractivity contribution in [2.45, 2.75) is 70.4 Å². The monoisotopic (exact) mass is 253 g/mol. The molecular weight excluding hydrogens is 226 g/mol. The lowest BCUT2D eigenvalue weighted by molar-refractivity contribution is -0.127. The molecule has 3 heteroatoms.